The Kier molecular flexibility index (Phi) is 55.6. The molecule has 26 heteroatoms. The van der Waals surface area contributed by atoms with Crippen LogP contribution < -0.4 is 0 Å². The Balaban J connectivity index is 0. The van der Waals surface area contributed by atoms with E-state index < -0.39 is 45.2 Å². The molecular formula is C85H111Cl2N3O17S4. The van der Waals surface area contributed by atoms with Gasteiger partial charge in [0.1, 0.15) is 11.5 Å². The Morgan fingerprint density at radius 3 is 1.20 bits per heavy atom. The summed E-state index contributed by atoms with van der Waals surface area (Å²) >= 11 is 11.2. The number of unbranched alkanes of at least 4 members (excludes halogenated alkanes) is 4. The minimum absolute atomic E-state index is 0.0324. The molecule has 0 spiro atoms. The smallest absolute Gasteiger partial charge is 0.269 e. The van der Waals surface area contributed by atoms with Crippen molar-refractivity contribution >= 4 is 98.1 Å². The van der Waals surface area contributed by atoms with Crippen molar-refractivity contribution in [3.8, 4) is 0 Å². The van der Waals surface area contributed by atoms with Gasteiger partial charge >= 0.3 is 0 Å². The summed E-state index contributed by atoms with van der Waals surface area (Å²) < 4.78 is 92.1. The van der Waals surface area contributed by atoms with E-state index in [1.54, 1.807) is 106 Å². The van der Waals surface area contributed by atoms with Crippen LogP contribution in [0.15, 0.2) is 258 Å². The fourth-order valence-electron chi connectivity index (χ4n) is 7.58. The Morgan fingerprint density at radius 1 is 0.523 bits per heavy atom. The molecule has 1 aliphatic carbocycles. The number of non-ortho nitro benzene ring substituents is 1. The number of carbonyl (C=O) groups excluding carboxylic acids is 5. The number of rotatable bonds is 17. The van der Waals surface area contributed by atoms with Crippen LogP contribution in [0.2, 0.25) is 10.0 Å². The SMILES string of the molecule is CC(=O)C1CC1.CC(=O)c1cccc(C)c1.CC(=O)c1ccccc1.CC(=O)c1ccco1.CC(=O)c1ccco1.CCCC.CCCCC.CCCCc1ccccc1.CCc1ccco1.CS(=O)(=O)c1ccc(Cl)cc1.CS(=O)(=O)c1ccc([N+](=O)[O-])cc1.C[S@](=O)c1ccc(Cl)cc1.Cn1cnc(S(C)(=O)=O)c1. The predicted molar refractivity (Wildman–Crippen MR) is 448 cm³/mol. The van der Waals surface area contributed by atoms with Crippen molar-refractivity contribution in [3.05, 3.63) is 285 Å². The maximum Gasteiger partial charge on any atom is 0.269 e. The fraction of sp³-hybridized carbons (Fsp3) is 0.341. The van der Waals surface area contributed by atoms with Crippen LogP contribution in [0, 0.1) is 23.0 Å². The number of sulfone groups is 3. The molecule has 111 heavy (non-hydrogen) atoms. The normalized spacial score (nSPS) is 10.8. The van der Waals surface area contributed by atoms with Gasteiger partial charge in [-0.1, -0.05) is 188 Å². The number of nitro benzene ring substituents is 1. The molecule has 0 amide bonds. The average Bonchev–Trinajstić information content (AvgIpc) is 1.79. The quantitative estimate of drug-likeness (QED) is 0.0464. The Bertz CT molecular complexity index is 4500. The van der Waals surface area contributed by atoms with E-state index in [4.69, 9.17) is 36.5 Å². The highest BCUT2D eigenvalue weighted by atomic mass is 35.5. The van der Waals surface area contributed by atoms with Gasteiger partial charge in [0.15, 0.2) is 69.2 Å². The van der Waals surface area contributed by atoms with Crippen molar-refractivity contribution in [1.29, 1.82) is 0 Å². The molecule has 606 valence electrons. The summed E-state index contributed by atoms with van der Waals surface area (Å²) in [6.07, 6.45) is 26.4. The van der Waals surface area contributed by atoms with Crippen molar-refractivity contribution in [2.45, 2.75) is 173 Å². The van der Waals surface area contributed by atoms with Crippen molar-refractivity contribution in [2.75, 3.05) is 25.0 Å². The average molecular weight is 1650 g/mol. The topological polar surface area (TPSA) is 305 Å². The van der Waals surface area contributed by atoms with E-state index in [9.17, 15) is 63.5 Å². The van der Waals surface area contributed by atoms with Crippen molar-refractivity contribution in [3.63, 3.8) is 0 Å². The Hall–Kier alpha value is -9.30. The van der Waals surface area contributed by atoms with E-state index in [2.05, 4.69) is 76.9 Å². The molecule has 1 fully saturated rings. The second-order valence-electron chi connectivity index (χ2n) is 24.5. The largest absolute Gasteiger partial charge is 0.469 e. The number of hydrogen-bond acceptors (Lipinski definition) is 18. The van der Waals surface area contributed by atoms with Crippen LogP contribution >= 0.6 is 23.2 Å². The highest BCUT2D eigenvalue weighted by Gasteiger charge is 2.25. The first-order valence-corrected chi connectivity index (χ1v) is 43.7. The van der Waals surface area contributed by atoms with Gasteiger partial charge in [0.2, 0.25) is 0 Å². The van der Waals surface area contributed by atoms with Crippen LogP contribution in [-0.2, 0) is 65.0 Å². The molecule has 20 nitrogen and oxygen atoms in total. The van der Waals surface area contributed by atoms with Gasteiger partial charge in [0.05, 0.1) is 39.8 Å². The van der Waals surface area contributed by atoms with Gasteiger partial charge < -0.3 is 17.8 Å². The van der Waals surface area contributed by atoms with Crippen LogP contribution in [0.1, 0.15) is 193 Å². The molecule has 0 aliphatic heterocycles. The van der Waals surface area contributed by atoms with Crippen LogP contribution in [0.5, 0.6) is 0 Å². The first-order chi connectivity index (χ1) is 52.2. The first kappa shape index (κ1) is 104. The van der Waals surface area contributed by atoms with Gasteiger partial charge in [-0.25, -0.2) is 30.2 Å². The van der Waals surface area contributed by atoms with E-state index in [-0.39, 0.29) is 38.7 Å². The number of nitro groups is 1. The van der Waals surface area contributed by atoms with E-state index in [0.29, 0.717) is 38.2 Å². The summed E-state index contributed by atoms with van der Waals surface area (Å²) in [5.41, 5.74) is 4.04. The lowest BCUT2D eigenvalue weighted by molar-refractivity contribution is -0.384. The predicted octanol–water partition coefficient (Wildman–Crippen LogP) is 21.6. The van der Waals surface area contributed by atoms with Crippen LogP contribution in [0.3, 0.4) is 0 Å². The van der Waals surface area contributed by atoms with Crippen molar-refractivity contribution in [2.24, 2.45) is 13.0 Å². The standard InChI is InChI=1S/C10H14.C9H10O.C8H8O.C7H7ClO2S.C7H7ClOS.C7H7NO4S.2C6H6O2.C6H8O.C5H8N2O2S.C5H8O.C5H12.C4H10/c1-2-3-7-10-8-5-4-6-9-10;1-7-4-3-5-9(6-7)8(2)10;1-7(9)8-5-3-2-4-6-8;1-11(9,10)7-4-2-6(8)3-5-7;1-10(9)7-4-2-6(8)3-5-7;1-13(11,12)7-4-2-6(3-5-7)8(9)10;2*1-5(7)6-3-2-4-8-6;1-2-6-4-3-5-7-6;1-7-3-5(6-4-7)10(2,8)9;1-4(6)5-2-3-5;1-3-5-4-2;1-3-4-2/h4-6,8-9H,2-3,7H2,1H3;3-6H,1-2H3;2-6H,1H3;2-5H,1H3;2-5H,1H3;2-5H,1H3;2*2-4H,1H3;3-5H,2H2,1H3;3-4H,1-2H3;5H,2-3H2,1H3;3-5H2,1-2H3;3-4H2,1-2H3/t;;;;10-;;;;;;;;/m....0......../s1. The number of imidazole rings is 1. The van der Waals surface area contributed by atoms with Crippen molar-refractivity contribution in [1.82, 2.24) is 9.55 Å². The molecule has 4 heterocycles. The molecule has 0 radical (unpaired) electrons. The summed E-state index contributed by atoms with van der Waals surface area (Å²) in [5, 5.41) is 11.6. The molecule has 4 aromatic heterocycles. The molecule has 6 aromatic carbocycles. The minimum atomic E-state index is -3.27. The number of aromatic nitrogens is 2. The Morgan fingerprint density at radius 2 is 0.946 bits per heavy atom. The fourth-order valence-corrected chi connectivity index (χ4v) is 10.2. The summed E-state index contributed by atoms with van der Waals surface area (Å²) in [5.74, 6) is 2.92. The lowest BCUT2D eigenvalue weighted by atomic mass is 10.1. The third-order valence-electron chi connectivity index (χ3n) is 14.2. The molecule has 0 N–H and O–H groups in total. The zero-order valence-electron chi connectivity index (χ0n) is 66.9. The number of ketones is 5. The Labute approximate surface area is 671 Å². The second-order valence-corrected chi connectivity index (χ2v) is 32.7. The third kappa shape index (κ3) is 54.1. The molecule has 11 rings (SSSR count). The van der Waals surface area contributed by atoms with Gasteiger partial charge in [-0.05, 0) is 162 Å². The maximum absolute atomic E-state index is 10.9. The first-order valence-electron chi connectivity index (χ1n) is 35.7. The minimum Gasteiger partial charge on any atom is -0.469 e. The lowest BCUT2D eigenvalue weighted by Gasteiger charge is -1.96. The van der Waals surface area contributed by atoms with Gasteiger partial charge in [0.25, 0.3) is 5.69 Å². The third-order valence-corrected chi connectivity index (χ3v) is 18.9. The van der Waals surface area contributed by atoms with Crippen molar-refractivity contribution < 1.29 is 71.6 Å². The van der Waals surface area contributed by atoms with Gasteiger partial charge in [-0.3, -0.25) is 38.3 Å². The number of aryl methyl sites for hydroxylation is 4. The molecule has 0 bridgehead atoms. The summed E-state index contributed by atoms with van der Waals surface area (Å²) in [6.45, 7) is 22.8. The van der Waals surface area contributed by atoms with E-state index >= 15 is 0 Å². The summed E-state index contributed by atoms with van der Waals surface area (Å²) in [6, 6.07) is 55.8. The summed E-state index contributed by atoms with van der Waals surface area (Å²) in [7, 11) is -8.63. The molecule has 0 saturated heterocycles. The zero-order chi connectivity index (χ0) is 84.5. The second kappa shape index (κ2) is 59.5. The number of hydrogen-bond donors (Lipinski definition) is 0. The highest BCUT2D eigenvalue weighted by Crippen LogP contribution is 2.29. The maximum atomic E-state index is 10.9. The number of furan rings is 3. The number of Topliss-reactive ketones (excluding diaryl/α,β-unsaturated/α-hetero) is 5. The molecule has 1 aliphatic rings. The number of benzene rings is 6. The van der Waals surface area contributed by atoms with Crippen LogP contribution in [0.25, 0.3) is 0 Å². The molecular weight excluding hydrogens is 1530 g/mol. The van der Waals surface area contributed by atoms with Crippen LogP contribution in [0.4, 0.5) is 5.69 Å². The number of halogens is 2. The van der Waals surface area contributed by atoms with Gasteiger partial charge in [0, 0.05) is 113 Å². The lowest BCUT2D eigenvalue weighted by Crippen LogP contribution is -1.97. The van der Waals surface area contributed by atoms with E-state index in [1.807, 2.05) is 73.7 Å². The molecule has 1 saturated carbocycles. The van der Waals surface area contributed by atoms with E-state index in [0.717, 1.165) is 77.5 Å². The number of carbonyl (C=O) groups is 5. The number of nitrogens with zero attached hydrogens (tertiary/aromatic N) is 3. The van der Waals surface area contributed by atoms with E-state index in [1.165, 1.54) is 120 Å². The van der Waals surface area contributed by atoms with Gasteiger partial charge in [-0.2, -0.15) is 0 Å². The molecule has 1 atom stereocenters. The molecule has 0 unspecified atom stereocenters. The zero-order valence-corrected chi connectivity index (χ0v) is 71.7. The summed E-state index contributed by atoms with van der Waals surface area (Å²) in [4.78, 5) is 67.0. The van der Waals surface area contributed by atoms with Crippen LogP contribution in [-0.4, -0.2) is 97.9 Å². The molecule has 10 aromatic rings. The van der Waals surface area contributed by atoms with Gasteiger partial charge in [-0.15, -0.1) is 0 Å². The highest BCUT2D eigenvalue weighted by molar-refractivity contribution is 7.91. The monoisotopic (exact) mass is 1640 g/mol.